The van der Waals surface area contributed by atoms with Crippen LogP contribution in [0.15, 0.2) is 43.0 Å². The minimum atomic E-state index is -4.53. The second kappa shape index (κ2) is 4.96. The number of alkyl halides is 3. The van der Waals surface area contributed by atoms with E-state index in [-0.39, 0.29) is 5.56 Å². The Labute approximate surface area is 91.6 Å². The average molecular weight is 228 g/mol. The summed E-state index contributed by atoms with van der Waals surface area (Å²) in [7, 11) is 0. The van der Waals surface area contributed by atoms with Crippen LogP contribution in [-0.2, 0) is 0 Å². The van der Waals surface area contributed by atoms with Crippen molar-refractivity contribution in [2.45, 2.75) is 12.6 Å². The molecule has 1 nitrogen and oxygen atoms in total. The number of benzene rings is 1. The van der Waals surface area contributed by atoms with Gasteiger partial charge in [-0.2, -0.15) is 13.2 Å². The first-order valence-corrected chi connectivity index (χ1v) is 4.73. The summed E-state index contributed by atoms with van der Waals surface area (Å²) < 4.78 is 37.7. The third-order valence-corrected chi connectivity index (χ3v) is 2.17. The van der Waals surface area contributed by atoms with Crippen LogP contribution in [0.2, 0.25) is 0 Å². The lowest BCUT2D eigenvalue weighted by Crippen LogP contribution is -2.30. The van der Waals surface area contributed by atoms with Gasteiger partial charge >= 0.3 is 6.18 Å². The zero-order valence-corrected chi connectivity index (χ0v) is 8.50. The zero-order chi connectivity index (χ0) is 12.2. The first kappa shape index (κ1) is 12.5. The molecule has 0 aliphatic carbocycles. The van der Waals surface area contributed by atoms with Crippen LogP contribution in [0.25, 0.3) is 0 Å². The van der Waals surface area contributed by atoms with Crippen molar-refractivity contribution in [2.24, 2.45) is 5.92 Å². The molecular weight excluding hydrogens is 217 g/mol. The quantitative estimate of drug-likeness (QED) is 0.568. The van der Waals surface area contributed by atoms with E-state index in [9.17, 15) is 18.0 Å². The van der Waals surface area contributed by atoms with E-state index in [1.807, 2.05) is 0 Å². The molecule has 1 atom stereocenters. The molecule has 1 aromatic rings. The van der Waals surface area contributed by atoms with E-state index in [0.717, 1.165) is 6.08 Å². The number of hydrogen-bond donors (Lipinski definition) is 0. The van der Waals surface area contributed by atoms with Gasteiger partial charge in [-0.1, -0.05) is 36.4 Å². The Morgan fingerprint density at radius 1 is 1.31 bits per heavy atom. The molecule has 86 valence electrons. The van der Waals surface area contributed by atoms with Crippen molar-refractivity contribution >= 4 is 5.78 Å². The highest BCUT2D eigenvalue weighted by atomic mass is 19.4. The van der Waals surface area contributed by atoms with Gasteiger partial charge in [-0.05, 0) is 6.42 Å². The van der Waals surface area contributed by atoms with Gasteiger partial charge in [0.1, 0.15) is 5.92 Å². The number of carbonyl (C=O) groups excluding carboxylic acids is 1. The Hall–Kier alpha value is -1.58. The largest absolute Gasteiger partial charge is 0.399 e. The van der Waals surface area contributed by atoms with E-state index in [1.54, 1.807) is 6.07 Å². The van der Waals surface area contributed by atoms with Crippen LogP contribution >= 0.6 is 0 Å². The maximum Gasteiger partial charge on any atom is 0.399 e. The Kier molecular flexibility index (Phi) is 3.88. The second-order valence-electron chi connectivity index (χ2n) is 3.35. The summed E-state index contributed by atoms with van der Waals surface area (Å²) in [6.45, 7) is 3.24. The van der Waals surface area contributed by atoms with Gasteiger partial charge in [0.2, 0.25) is 0 Å². The summed E-state index contributed by atoms with van der Waals surface area (Å²) in [5.41, 5.74) is 0.0756. The molecule has 0 N–H and O–H groups in total. The molecule has 1 unspecified atom stereocenters. The van der Waals surface area contributed by atoms with Gasteiger partial charge < -0.3 is 0 Å². The molecule has 0 spiro atoms. The molecule has 16 heavy (non-hydrogen) atoms. The first-order valence-electron chi connectivity index (χ1n) is 4.73. The molecular formula is C12H11F3O. The van der Waals surface area contributed by atoms with Gasteiger partial charge in [0, 0.05) is 5.56 Å². The highest BCUT2D eigenvalue weighted by Gasteiger charge is 2.43. The van der Waals surface area contributed by atoms with Crippen molar-refractivity contribution in [3.05, 3.63) is 48.6 Å². The van der Waals surface area contributed by atoms with Gasteiger partial charge in [-0.15, -0.1) is 6.58 Å². The van der Waals surface area contributed by atoms with Crippen molar-refractivity contribution in [2.75, 3.05) is 0 Å². The summed E-state index contributed by atoms with van der Waals surface area (Å²) in [5, 5.41) is 0. The fraction of sp³-hybridized carbons (Fsp3) is 0.250. The smallest absolute Gasteiger partial charge is 0.293 e. The minimum absolute atomic E-state index is 0.0756. The SMILES string of the molecule is C=CCC(C(=O)c1ccccc1)C(F)(F)F. The molecule has 0 heterocycles. The highest BCUT2D eigenvalue weighted by molar-refractivity contribution is 5.98. The van der Waals surface area contributed by atoms with Crippen molar-refractivity contribution in [1.82, 2.24) is 0 Å². The molecule has 0 radical (unpaired) electrons. The van der Waals surface area contributed by atoms with Gasteiger partial charge in [0.25, 0.3) is 0 Å². The molecule has 0 bridgehead atoms. The fourth-order valence-corrected chi connectivity index (χ4v) is 1.36. The molecule has 1 aromatic carbocycles. The standard InChI is InChI=1S/C12H11F3O/c1-2-6-10(12(13,14)15)11(16)9-7-4-3-5-8-9/h2-5,7-8,10H,1,6H2. The van der Waals surface area contributed by atoms with Crippen LogP contribution in [0, 0.1) is 5.92 Å². The highest BCUT2D eigenvalue weighted by Crippen LogP contribution is 2.31. The van der Waals surface area contributed by atoms with Gasteiger partial charge in [0.05, 0.1) is 0 Å². The third kappa shape index (κ3) is 2.95. The van der Waals surface area contributed by atoms with E-state index in [0.29, 0.717) is 0 Å². The number of carbonyl (C=O) groups is 1. The number of rotatable bonds is 4. The van der Waals surface area contributed by atoms with E-state index < -0.39 is 24.3 Å². The summed E-state index contributed by atoms with van der Waals surface area (Å²) in [5.74, 6) is -2.90. The molecule has 0 aromatic heterocycles. The number of allylic oxidation sites excluding steroid dienone is 1. The Balaban J connectivity index is 2.97. The second-order valence-corrected chi connectivity index (χ2v) is 3.35. The molecule has 4 heteroatoms. The fourth-order valence-electron chi connectivity index (χ4n) is 1.36. The van der Waals surface area contributed by atoms with Crippen LogP contribution in [-0.4, -0.2) is 12.0 Å². The van der Waals surface area contributed by atoms with Gasteiger partial charge in [0.15, 0.2) is 5.78 Å². The predicted molar refractivity (Wildman–Crippen MR) is 55.1 cm³/mol. The lowest BCUT2D eigenvalue weighted by atomic mass is 9.94. The van der Waals surface area contributed by atoms with E-state index >= 15 is 0 Å². The maximum atomic E-state index is 12.6. The van der Waals surface area contributed by atoms with Crippen molar-refractivity contribution < 1.29 is 18.0 Å². The topological polar surface area (TPSA) is 17.1 Å². The molecule has 0 fully saturated rings. The maximum absolute atomic E-state index is 12.6. The van der Waals surface area contributed by atoms with E-state index in [1.165, 1.54) is 24.3 Å². The van der Waals surface area contributed by atoms with Crippen LogP contribution in [0.1, 0.15) is 16.8 Å². The lowest BCUT2D eigenvalue weighted by Gasteiger charge is -2.17. The number of hydrogen-bond acceptors (Lipinski definition) is 1. The average Bonchev–Trinajstić information content (AvgIpc) is 2.25. The van der Waals surface area contributed by atoms with Crippen molar-refractivity contribution in [1.29, 1.82) is 0 Å². The molecule has 1 rings (SSSR count). The zero-order valence-electron chi connectivity index (χ0n) is 8.50. The van der Waals surface area contributed by atoms with Gasteiger partial charge in [-0.3, -0.25) is 4.79 Å². The number of ketones is 1. The first-order chi connectivity index (χ1) is 7.46. The Morgan fingerprint density at radius 3 is 2.31 bits per heavy atom. The monoisotopic (exact) mass is 228 g/mol. The summed E-state index contributed by atoms with van der Waals surface area (Å²) in [6.07, 6.45) is -3.81. The summed E-state index contributed by atoms with van der Waals surface area (Å²) in [4.78, 5) is 11.6. The normalized spacial score (nSPS) is 13.2. The number of Topliss-reactive ketones (excluding diaryl/α,β-unsaturated/α-hetero) is 1. The van der Waals surface area contributed by atoms with Gasteiger partial charge in [-0.25, -0.2) is 0 Å². The third-order valence-electron chi connectivity index (χ3n) is 2.17. The lowest BCUT2D eigenvalue weighted by molar-refractivity contribution is -0.159. The van der Waals surface area contributed by atoms with Crippen molar-refractivity contribution in [3.8, 4) is 0 Å². The van der Waals surface area contributed by atoms with Crippen LogP contribution in [0.4, 0.5) is 13.2 Å². The molecule has 0 saturated carbocycles. The summed E-state index contributed by atoms with van der Waals surface area (Å²) in [6, 6.07) is 7.48. The van der Waals surface area contributed by atoms with Crippen LogP contribution < -0.4 is 0 Å². The van der Waals surface area contributed by atoms with Crippen LogP contribution in [0.5, 0.6) is 0 Å². The molecule has 0 aliphatic heterocycles. The number of halogens is 3. The molecule has 0 aliphatic rings. The van der Waals surface area contributed by atoms with E-state index in [2.05, 4.69) is 6.58 Å². The minimum Gasteiger partial charge on any atom is -0.293 e. The Morgan fingerprint density at radius 2 is 1.88 bits per heavy atom. The molecule has 0 saturated heterocycles. The van der Waals surface area contributed by atoms with E-state index in [4.69, 9.17) is 0 Å². The van der Waals surface area contributed by atoms with Crippen molar-refractivity contribution in [3.63, 3.8) is 0 Å². The summed E-state index contributed by atoms with van der Waals surface area (Å²) >= 11 is 0. The Bertz CT molecular complexity index is 368. The predicted octanol–water partition coefficient (Wildman–Crippen LogP) is 3.62. The molecule has 0 amide bonds. The van der Waals surface area contributed by atoms with Crippen LogP contribution in [0.3, 0.4) is 0 Å².